The maximum atomic E-state index is 12.9. The average Bonchev–Trinajstić information content (AvgIpc) is 3.00. The molecule has 3 aromatic rings. The highest BCUT2D eigenvalue weighted by atomic mass is 32.2. The second kappa shape index (κ2) is 7.75. The molecule has 25 heavy (non-hydrogen) atoms. The van der Waals surface area contributed by atoms with Gasteiger partial charge < -0.3 is 5.84 Å². The molecule has 0 atom stereocenters. The summed E-state index contributed by atoms with van der Waals surface area (Å²) in [5.74, 6) is 6.66. The zero-order valence-electron chi connectivity index (χ0n) is 13.4. The maximum Gasteiger partial charge on any atom is 0.264 e. The number of hydrogen-bond donors (Lipinski definition) is 2. The number of thioether (sulfide) groups is 1. The lowest BCUT2D eigenvalue weighted by atomic mass is 10.2. The monoisotopic (exact) mass is 357 g/mol. The van der Waals surface area contributed by atoms with E-state index >= 15 is 0 Å². The summed E-state index contributed by atoms with van der Waals surface area (Å²) >= 11 is 1.40. The first kappa shape index (κ1) is 16.9. The Balaban J connectivity index is 1.64. The molecule has 0 aliphatic rings. The Morgan fingerprint density at radius 3 is 2.64 bits per heavy atom. The Kier molecular flexibility index (Phi) is 5.24. The number of benzene rings is 1. The second-order valence-corrected chi connectivity index (χ2v) is 6.08. The van der Waals surface area contributed by atoms with Crippen molar-refractivity contribution in [1.82, 2.24) is 19.9 Å². The molecular weight excluding hydrogens is 341 g/mol. The fourth-order valence-corrected chi connectivity index (χ4v) is 2.78. The Morgan fingerprint density at radius 1 is 1.20 bits per heavy atom. The van der Waals surface area contributed by atoms with E-state index in [4.69, 9.17) is 5.84 Å². The fourth-order valence-electron chi connectivity index (χ4n) is 1.97. The molecule has 1 aromatic carbocycles. The third kappa shape index (κ3) is 4.32. The summed E-state index contributed by atoms with van der Waals surface area (Å²) in [6.45, 7) is 1.86. The molecule has 0 aliphatic carbocycles. The average molecular weight is 357 g/mol. The van der Waals surface area contributed by atoms with Gasteiger partial charge in [-0.1, -0.05) is 23.9 Å². The largest absolute Gasteiger partial charge is 0.334 e. The number of hydrogen-bond acceptors (Lipinski definition) is 7. The number of nitrogens with one attached hydrogen (secondary N) is 1. The van der Waals surface area contributed by atoms with E-state index in [1.165, 1.54) is 28.6 Å². The first-order valence-corrected chi connectivity index (χ1v) is 8.40. The molecule has 3 rings (SSSR count). The van der Waals surface area contributed by atoms with Crippen LogP contribution in [-0.2, 0) is 5.75 Å². The first-order valence-electron chi connectivity index (χ1n) is 7.42. The van der Waals surface area contributed by atoms with Crippen molar-refractivity contribution in [1.29, 1.82) is 0 Å². The number of aromatic nitrogens is 4. The van der Waals surface area contributed by atoms with E-state index in [0.29, 0.717) is 16.9 Å². The number of nitrogens with zero attached hydrogens (tertiary/aromatic N) is 5. The van der Waals surface area contributed by atoms with E-state index in [2.05, 4.69) is 25.7 Å². The van der Waals surface area contributed by atoms with Crippen LogP contribution in [-0.4, -0.2) is 25.6 Å². The summed E-state index contributed by atoms with van der Waals surface area (Å²) in [6.07, 6.45) is 3.40. The van der Waals surface area contributed by atoms with Crippen LogP contribution in [0.15, 0.2) is 59.0 Å². The van der Waals surface area contributed by atoms with Crippen molar-refractivity contribution in [2.24, 2.45) is 5.10 Å². The summed E-state index contributed by atoms with van der Waals surface area (Å²) in [6, 6.07) is 10.0. The lowest BCUT2D eigenvalue weighted by Gasteiger charge is -2.04. The van der Waals surface area contributed by atoms with Gasteiger partial charge in [-0.15, -0.1) is 10.2 Å². The third-order valence-corrected chi connectivity index (χ3v) is 4.38. The Hall–Kier alpha value is -2.94. The van der Waals surface area contributed by atoms with Gasteiger partial charge in [0, 0.05) is 23.7 Å². The van der Waals surface area contributed by atoms with Gasteiger partial charge in [0.25, 0.3) is 5.95 Å². The third-order valence-electron chi connectivity index (χ3n) is 3.37. The van der Waals surface area contributed by atoms with E-state index in [-0.39, 0.29) is 5.82 Å². The topological polar surface area (TPSA) is 94.0 Å². The predicted octanol–water partition coefficient (Wildman–Crippen LogP) is 2.65. The van der Waals surface area contributed by atoms with E-state index < -0.39 is 0 Å². The van der Waals surface area contributed by atoms with Crippen LogP contribution in [0.3, 0.4) is 0 Å². The van der Waals surface area contributed by atoms with Gasteiger partial charge in [-0.2, -0.15) is 5.10 Å². The van der Waals surface area contributed by atoms with Crippen molar-refractivity contribution >= 4 is 23.4 Å². The second-order valence-electron chi connectivity index (χ2n) is 5.14. The molecule has 0 spiro atoms. The minimum Gasteiger partial charge on any atom is -0.334 e. The molecule has 0 fully saturated rings. The molecule has 0 bridgehead atoms. The van der Waals surface area contributed by atoms with Crippen LogP contribution in [0, 0.1) is 5.82 Å². The highest BCUT2D eigenvalue weighted by Gasteiger charge is 2.10. The van der Waals surface area contributed by atoms with Crippen molar-refractivity contribution in [3.8, 4) is 0 Å². The quantitative estimate of drug-likeness (QED) is 0.305. The normalized spacial score (nSPS) is 11.5. The van der Waals surface area contributed by atoms with Gasteiger partial charge in [-0.3, -0.25) is 4.98 Å². The van der Waals surface area contributed by atoms with E-state index in [0.717, 1.165) is 16.8 Å². The summed E-state index contributed by atoms with van der Waals surface area (Å²) in [5, 5.41) is 12.8. The highest BCUT2D eigenvalue weighted by molar-refractivity contribution is 7.98. The Bertz CT molecular complexity index is 862. The summed E-state index contributed by atoms with van der Waals surface area (Å²) in [5.41, 5.74) is 5.48. The van der Waals surface area contributed by atoms with Gasteiger partial charge in [0.2, 0.25) is 5.16 Å². The predicted molar refractivity (Wildman–Crippen MR) is 96.2 cm³/mol. The molecule has 2 heterocycles. The minimum atomic E-state index is -0.260. The number of hydrazone groups is 1. The number of nitrogens with two attached hydrogens (primary N) is 1. The lowest BCUT2D eigenvalue weighted by Crippen LogP contribution is -2.13. The molecule has 2 aromatic heterocycles. The summed E-state index contributed by atoms with van der Waals surface area (Å²) < 4.78 is 14.2. The highest BCUT2D eigenvalue weighted by Crippen LogP contribution is 2.21. The molecule has 9 heteroatoms. The van der Waals surface area contributed by atoms with Gasteiger partial charge in [0.15, 0.2) is 0 Å². The number of pyridine rings is 1. The summed E-state index contributed by atoms with van der Waals surface area (Å²) in [4.78, 5) is 3.97. The number of halogens is 1. The van der Waals surface area contributed by atoms with Crippen LogP contribution < -0.4 is 11.3 Å². The van der Waals surface area contributed by atoms with Crippen LogP contribution in [0.1, 0.15) is 18.1 Å². The van der Waals surface area contributed by atoms with Gasteiger partial charge in [0.05, 0.1) is 5.71 Å². The number of anilines is 1. The van der Waals surface area contributed by atoms with E-state index in [9.17, 15) is 4.39 Å². The Labute approximate surface area is 148 Å². The molecule has 0 unspecified atom stereocenters. The number of nitrogen functional groups attached to an aromatic ring is 1. The lowest BCUT2D eigenvalue weighted by molar-refractivity contribution is 0.627. The van der Waals surface area contributed by atoms with Crippen molar-refractivity contribution in [2.45, 2.75) is 17.8 Å². The maximum absolute atomic E-state index is 12.9. The van der Waals surface area contributed by atoms with Crippen LogP contribution in [0.5, 0.6) is 0 Å². The van der Waals surface area contributed by atoms with Crippen molar-refractivity contribution in [3.05, 3.63) is 65.7 Å². The fraction of sp³-hybridized carbons (Fsp3) is 0.125. The van der Waals surface area contributed by atoms with Crippen LogP contribution in [0.4, 0.5) is 10.3 Å². The zero-order chi connectivity index (χ0) is 17.6. The first-order chi connectivity index (χ1) is 12.1. The molecule has 0 saturated carbocycles. The van der Waals surface area contributed by atoms with Gasteiger partial charge in [-0.25, -0.2) is 14.5 Å². The molecule has 0 aliphatic heterocycles. The molecule has 0 amide bonds. The smallest absolute Gasteiger partial charge is 0.264 e. The van der Waals surface area contributed by atoms with Crippen LogP contribution >= 0.6 is 11.8 Å². The molecule has 0 radical (unpaired) electrons. The zero-order valence-corrected chi connectivity index (χ0v) is 14.2. The standard InChI is InChI=1S/C16H16FN7S/c1-11(13-6-8-19-9-7-13)20-21-15-22-23-16(24(15)18)25-10-12-2-4-14(17)5-3-12/h2-9H,10,18H2,1H3,(H,21,22)/b20-11+. The van der Waals surface area contributed by atoms with Gasteiger partial charge in [0.1, 0.15) is 5.82 Å². The van der Waals surface area contributed by atoms with Crippen molar-refractivity contribution in [2.75, 3.05) is 11.3 Å². The van der Waals surface area contributed by atoms with Crippen LogP contribution in [0.25, 0.3) is 0 Å². The molecule has 128 valence electrons. The van der Waals surface area contributed by atoms with Crippen molar-refractivity contribution < 1.29 is 4.39 Å². The van der Waals surface area contributed by atoms with Crippen LogP contribution in [0.2, 0.25) is 0 Å². The molecule has 7 nitrogen and oxygen atoms in total. The van der Waals surface area contributed by atoms with Gasteiger partial charge >= 0.3 is 0 Å². The molecule has 0 saturated heterocycles. The van der Waals surface area contributed by atoms with Crippen molar-refractivity contribution in [3.63, 3.8) is 0 Å². The summed E-state index contributed by atoms with van der Waals surface area (Å²) in [7, 11) is 0. The minimum absolute atomic E-state index is 0.260. The SMILES string of the molecule is C/C(=N\Nc1nnc(SCc2ccc(F)cc2)n1N)c1ccncc1. The molecular formula is C16H16FN7S. The van der Waals surface area contributed by atoms with E-state index in [1.807, 2.05) is 19.1 Å². The van der Waals surface area contributed by atoms with Gasteiger partial charge in [-0.05, 0) is 36.8 Å². The Morgan fingerprint density at radius 2 is 1.92 bits per heavy atom. The number of rotatable bonds is 6. The molecule has 3 N–H and O–H groups in total. The van der Waals surface area contributed by atoms with E-state index in [1.54, 1.807) is 24.5 Å².